The van der Waals surface area contributed by atoms with Crippen molar-refractivity contribution in [3.05, 3.63) is 62.0 Å². The zero-order valence-corrected chi connectivity index (χ0v) is 12.9. The Morgan fingerprint density at radius 3 is 2.90 bits per heavy atom. The van der Waals surface area contributed by atoms with Crippen LogP contribution in [-0.4, -0.2) is 16.5 Å². The number of nitrogens with zero attached hydrogens (tertiary/aromatic N) is 2. The van der Waals surface area contributed by atoms with E-state index in [-0.39, 0.29) is 11.5 Å². The molecule has 0 saturated carbocycles. The molecule has 0 radical (unpaired) electrons. The Morgan fingerprint density at radius 2 is 2.24 bits per heavy atom. The largest absolute Gasteiger partial charge is 0.369 e. The first-order valence-corrected chi connectivity index (χ1v) is 7.06. The van der Waals surface area contributed by atoms with Gasteiger partial charge in [-0.1, -0.05) is 12.1 Å². The standard InChI is InChI=1S/C14H13BrFN3O2/c1-9-12(19(20)21)8-18-14(13(9)15)17-6-5-10-3-2-4-11(16)7-10/h2-4,7-8H,5-6H2,1H3,(H,17,18). The number of hydrogen-bond donors (Lipinski definition) is 1. The van der Waals surface area contributed by atoms with Crippen molar-refractivity contribution in [1.82, 2.24) is 4.98 Å². The first-order chi connectivity index (χ1) is 9.99. The van der Waals surface area contributed by atoms with Crippen LogP contribution in [0, 0.1) is 22.9 Å². The van der Waals surface area contributed by atoms with Crippen LogP contribution in [0.25, 0.3) is 0 Å². The summed E-state index contributed by atoms with van der Waals surface area (Å²) >= 11 is 3.31. The van der Waals surface area contributed by atoms with E-state index in [4.69, 9.17) is 0 Å². The molecule has 0 atom stereocenters. The molecule has 0 spiro atoms. The third-order valence-corrected chi connectivity index (χ3v) is 4.00. The summed E-state index contributed by atoms with van der Waals surface area (Å²) < 4.78 is 13.6. The molecule has 21 heavy (non-hydrogen) atoms. The number of hydrogen-bond acceptors (Lipinski definition) is 4. The molecule has 0 unspecified atom stereocenters. The van der Waals surface area contributed by atoms with Crippen LogP contribution >= 0.6 is 15.9 Å². The maximum absolute atomic E-state index is 13.1. The highest BCUT2D eigenvalue weighted by atomic mass is 79.9. The molecule has 5 nitrogen and oxygen atoms in total. The normalized spacial score (nSPS) is 10.4. The first-order valence-electron chi connectivity index (χ1n) is 6.27. The SMILES string of the molecule is Cc1c([N+](=O)[O-])cnc(NCCc2cccc(F)c2)c1Br. The molecule has 1 heterocycles. The molecular weight excluding hydrogens is 341 g/mol. The van der Waals surface area contributed by atoms with Gasteiger partial charge in [0.2, 0.25) is 0 Å². The average molecular weight is 354 g/mol. The van der Waals surface area contributed by atoms with E-state index in [9.17, 15) is 14.5 Å². The minimum Gasteiger partial charge on any atom is -0.369 e. The summed E-state index contributed by atoms with van der Waals surface area (Å²) in [5, 5.41) is 13.9. The number of nitro groups is 1. The van der Waals surface area contributed by atoms with E-state index in [0.29, 0.717) is 28.8 Å². The van der Waals surface area contributed by atoms with E-state index in [2.05, 4.69) is 26.2 Å². The van der Waals surface area contributed by atoms with Crippen molar-refractivity contribution < 1.29 is 9.31 Å². The Bertz CT molecular complexity index is 679. The van der Waals surface area contributed by atoms with E-state index < -0.39 is 4.92 Å². The van der Waals surface area contributed by atoms with Crippen LogP contribution in [0.15, 0.2) is 34.9 Å². The van der Waals surface area contributed by atoms with Crippen molar-refractivity contribution in [3.63, 3.8) is 0 Å². The number of aromatic nitrogens is 1. The van der Waals surface area contributed by atoms with Gasteiger partial charge in [-0.25, -0.2) is 9.37 Å². The lowest BCUT2D eigenvalue weighted by Crippen LogP contribution is -2.08. The average Bonchev–Trinajstić information content (AvgIpc) is 2.43. The Morgan fingerprint density at radius 1 is 1.48 bits per heavy atom. The third-order valence-electron chi connectivity index (χ3n) is 3.03. The maximum atomic E-state index is 13.1. The maximum Gasteiger partial charge on any atom is 0.291 e. The van der Waals surface area contributed by atoms with Gasteiger partial charge >= 0.3 is 0 Å². The molecule has 7 heteroatoms. The van der Waals surface area contributed by atoms with E-state index in [1.807, 2.05) is 6.07 Å². The van der Waals surface area contributed by atoms with Gasteiger partial charge in [-0.3, -0.25) is 10.1 Å². The van der Waals surface area contributed by atoms with Crippen molar-refractivity contribution in [1.29, 1.82) is 0 Å². The van der Waals surface area contributed by atoms with Crippen molar-refractivity contribution in [2.45, 2.75) is 13.3 Å². The molecule has 0 bridgehead atoms. The fourth-order valence-corrected chi connectivity index (χ4v) is 2.34. The summed E-state index contributed by atoms with van der Waals surface area (Å²) in [6.45, 7) is 2.20. The highest BCUT2D eigenvalue weighted by Crippen LogP contribution is 2.30. The molecule has 0 aliphatic heterocycles. The second kappa shape index (κ2) is 6.62. The number of benzene rings is 1. The molecule has 110 valence electrons. The van der Waals surface area contributed by atoms with Gasteiger partial charge in [-0.15, -0.1) is 0 Å². The van der Waals surface area contributed by atoms with Crippen molar-refractivity contribution in [2.24, 2.45) is 0 Å². The van der Waals surface area contributed by atoms with Gasteiger partial charge in [0, 0.05) is 12.1 Å². The molecule has 0 aliphatic carbocycles. The van der Waals surface area contributed by atoms with Crippen LogP contribution < -0.4 is 5.32 Å². The van der Waals surface area contributed by atoms with Gasteiger partial charge < -0.3 is 5.32 Å². The number of halogens is 2. The third kappa shape index (κ3) is 3.75. The number of anilines is 1. The molecule has 0 fully saturated rings. The van der Waals surface area contributed by atoms with Crippen LogP contribution in [0.1, 0.15) is 11.1 Å². The van der Waals surface area contributed by atoms with Crippen LogP contribution in [0.4, 0.5) is 15.9 Å². The van der Waals surface area contributed by atoms with Gasteiger partial charge in [0.1, 0.15) is 17.8 Å². The Balaban J connectivity index is 2.04. The monoisotopic (exact) mass is 353 g/mol. The Hall–Kier alpha value is -2.02. The highest BCUT2D eigenvalue weighted by molar-refractivity contribution is 9.10. The second-order valence-electron chi connectivity index (χ2n) is 4.49. The van der Waals surface area contributed by atoms with Crippen LogP contribution in [0.5, 0.6) is 0 Å². The number of pyridine rings is 1. The smallest absolute Gasteiger partial charge is 0.291 e. The molecular formula is C14H13BrFN3O2. The summed E-state index contributed by atoms with van der Waals surface area (Å²) in [4.78, 5) is 14.4. The van der Waals surface area contributed by atoms with E-state index in [1.165, 1.54) is 18.3 Å². The lowest BCUT2D eigenvalue weighted by Gasteiger charge is -2.09. The fraction of sp³-hybridized carbons (Fsp3) is 0.214. The molecule has 1 aromatic heterocycles. The van der Waals surface area contributed by atoms with Crippen molar-refractivity contribution in [2.75, 3.05) is 11.9 Å². The van der Waals surface area contributed by atoms with E-state index in [1.54, 1.807) is 13.0 Å². The van der Waals surface area contributed by atoms with Crippen LogP contribution in [0.3, 0.4) is 0 Å². The van der Waals surface area contributed by atoms with E-state index >= 15 is 0 Å². The van der Waals surface area contributed by atoms with Crippen LogP contribution in [-0.2, 0) is 6.42 Å². The van der Waals surface area contributed by atoms with Gasteiger partial charge in [-0.2, -0.15) is 0 Å². The van der Waals surface area contributed by atoms with Gasteiger partial charge in [-0.05, 0) is 47.0 Å². The lowest BCUT2D eigenvalue weighted by molar-refractivity contribution is -0.385. The second-order valence-corrected chi connectivity index (χ2v) is 5.29. The molecule has 1 N–H and O–H groups in total. The summed E-state index contributed by atoms with van der Waals surface area (Å²) in [5.74, 6) is 0.271. The zero-order chi connectivity index (χ0) is 15.4. The minimum atomic E-state index is -0.469. The topological polar surface area (TPSA) is 68.1 Å². The summed E-state index contributed by atoms with van der Waals surface area (Å²) in [6, 6.07) is 6.38. The summed E-state index contributed by atoms with van der Waals surface area (Å²) in [7, 11) is 0. The number of nitrogens with one attached hydrogen (secondary N) is 1. The minimum absolute atomic E-state index is 0.0300. The van der Waals surface area contributed by atoms with Crippen molar-refractivity contribution >= 4 is 27.4 Å². The predicted molar refractivity (Wildman–Crippen MR) is 81.9 cm³/mol. The molecule has 0 saturated heterocycles. The first kappa shape index (κ1) is 15.4. The lowest BCUT2D eigenvalue weighted by atomic mass is 10.1. The fourth-order valence-electron chi connectivity index (χ4n) is 1.89. The summed E-state index contributed by atoms with van der Waals surface area (Å²) in [5.41, 5.74) is 1.36. The molecule has 0 aliphatic rings. The molecule has 0 amide bonds. The molecule has 1 aromatic carbocycles. The molecule has 2 aromatic rings. The van der Waals surface area contributed by atoms with Gasteiger partial charge in [0.25, 0.3) is 5.69 Å². The van der Waals surface area contributed by atoms with Gasteiger partial charge in [0.05, 0.1) is 9.40 Å². The Kier molecular flexibility index (Phi) is 4.85. The zero-order valence-electron chi connectivity index (χ0n) is 11.3. The van der Waals surface area contributed by atoms with E-state index in [0.717, 1.165) is 5.56 Å². The summed E-state index contributed by atoms with van der Waals surface area (Å²) in [6.07, 6.45) is 1.85. The highest BCUT2D eigenvalue weighted by Gasteiger charge is 2.16. The number of rotatable bonds is 5. The van der Waals surface area contributed by atoms with Gasteiger partial charge in [0.15, 0.2) is 0 Å². The van der Waals surface area contributed by atoms with Crippen molar-refractivity contribution in [3.8, 4) is 0 Å². The quantitative estimate of drug-likeness (QED) is 0.654. The Labute approximate surface area is 129 Å². The predicted octanol–water partition coefficient (Wildman–Crippen LogP) is 3.85. The molecule has 2 rings (SSSR count). The van der Waals surface area contributed by atoms with Crippen LogP contribution in [0.2, 0.25) is 0 Å².